The van der Waals surface area contributed by atoms with Crippen LogP contribution in [0.25, 0.3) is 0 Å². The molecule has 0 unspecified atom stereocenters. The number of nitrogens with one attached hydrogen (secondary N) is 2. The van der Waals surface area contributed by atoms with Gasteiger partial charge in [-0.15, -0.1) is 0 Å². The van der Waals surface area contributed by atoms with Crippen molar-refractivity contribution >= 4 is 23.4 Å². The maximum atomic E-state index is 12.3. The van der Waals surface area contributed by atoms with Crippen molar-refractivity contribution in [3.8, 4) is 0 Å². The number of hydrogen-bond donors (Lipinski definition) is 2. The van der Waals surface area contributed by atoms with Gasteiger partial charge in [0.1, 0.15) is 0 Å². The van der Waals surface area contributed by atoms with Gasteiger partial charge in [0.25, 0.3) is 0 Å². The molecule has 1 saturated heterocycles. The molecular weight excluding hydrogens is 318 g/mol. The average molecular weight is 345 g/mol. The van der Waals surface area contributed by atoms with Gasteiger partial charge in [0.05, 0.1) is 5.92 Å². The van der Waals surface area contributed by atoms with Gasteiger partial charge >= 0.3 is 0 Å². The summed E-state index contributed by atoms with van der Waals surface area (Å²) in [6.07, 6.45) is 3.58. The third kappa shape index (κ3) is 5.59. The molecule has 0 bridgehead atoms. The first kappa shape index (κ1) is 19.0. The first-order chi connectivity index (χ1) is 12.0. The van der Waals surface area contributed by atoms with Crippen LogP contribution >= 0.6 is 0 Å². The number of benzene rings is 1. The van der Waals surface area contributed by atoms with Crippen LogP contribution in [-0.4, -0.2) is 37.4 Å². The fraction of sp³-hybridized carbons (Fsp3) is 0.526. The van der Waals surface area contributed by atoms with Crippen LogP contribution in [0.2, 0.25) is 0 Å². The van der Waals surface area contributed by atoms with Crippen LogP contribution in [0.5, 0.6) is 0 Å². The monoisotopic (exact) mass is 345 g/mol. The molecule has 1 aliphatic heterocycles. The summed E-state index contributed by atoms with van der Waals surface area (Å²) in [4.78, 5) is 36.9. The molecule has 1 heterocycles. The van der Waals surface area contributed by atoms with Crippen LogP contribution in [0.3, 0.4) is 0 Å². The van der Waals surface area contributed by atoms with Gasteiger partial charge in [-0.05, 0) is 30.5 Å². The second-order valence-electron chi connectivity index (χ2n) is 6.45. The van der Waals surface area contributed by atoms with E-state index in [-0.39, 0.29) is 30.1 Å². The molecule has 0 aliphatic carbocycles. The molecular formula is C19H27N3O3. The number of unbranched alkanes of at least 4 members (excludes halogenated alkanes) is 1. The van der Waals surface area contributed by atoms with Crippen LogP contribution in [0.4, 0.5) is 5.69 Å². The number of amides is 3. The topological polar surface area (TPSA) is 78.5 Å². The highest BCUT2D eigenvalue weighted by molar-refractivity contribution is 6.00. The Hall–Kier alpha value is -2.37. The molecule has 6 nitrogen and oxygen atoms in total. The Balaban J connectivity index is 1.86. The smallest absolute Gasteiger partial charge is 0.227 e. The number of anilines is 1. The Morgan fingerprint density at radius 2 is 1.84 bits per heavy atom. The van der Waals surface area contributed by atoms with Crippen molar-refractivity contribution in [2.24, 2.45) is 5.92 Å². The lowest BCUT2D eigenvalue weighted by molar-refractivity contribution is -0.126. The summed E-state index contributed by atoms with van der Waals surface area (Å²) >= 11 is 0. The van der Waals surface area contributed by atoms with Gasteiger partial charge in [-0.3, -0.25) is 14.4 Å². The molecule has 1 fully saturated rings. The summed E-state index contributed by atoms with van der Waals surface area (Å²) < 4.78 is 0. The summed E-state index contributed by atoms with van der Waals surface area (Å²) in [7, 11) is 0. The van der Waals surface area contributed by atoms with Crippen molar-refractivity contribution in [2.45, 2.75) is 39.5 Å². The van der Waals surface area contributed by atoms with Gasteiger partial charge in [-0.25, -0.2) is 0 Å². The number of rotatable bonds is 8. The zero-order valence-corrected chi connectivity index (χ0v) is 15.0. The van der Waals surface area contributed by atoms with Gasteiger partial charge in [-0.2, -0.15) is 0 Å². The fourth-order valence-electron chi connectivity index (χ4n) is 2.92. The van der Waals surface area contributed by atoms with Gasteiger partial charge in [0.2, 0.25) is 17.7 Å². The Morgan fingerprint density at radius 1 is 1.16 bits per heavy atom. The molecule has 2 rings (SSSR count). The molecule has 25 heavy (non-hydrogen) atoms. The van der Waals surface area contributed by atoms with Gasteiger partial charge in [0, 0.05) is 38.7 Å². The lowest BCUT2D eigenvalue weighted by Gasteiger charge is -2.17. The zero-order valence-electron chi connectivity index (χ0n) is 15.0. The van der Waals surface area contributed by atoms with Crippen LogP contribution in [0.1, 0.15) is 38.7 Å². The maximum absolute atomic E-state index is 12.3. The van der Waals surface area contributed by atoms with E-state index in [0.29, 0.717) is 19.6 Å². The predicted octanol–water partition coefficient (Wildman–Crippen LogP) is 1.63. The molecule has 0 spiro atoms. The third-order valence-electron chi connectivity index (χ3n) is 4.36. The van der Waals surface area contributed by atoms with E-state index in [0.717, 1.165) is 24.9 Å². The predicted molar refractivity (Wildman–Crippen MR) is 97.2 cm³/mol. The maximum Gasteiger partial charge on any atom is 0.227 e. The summed E-state index contributed by atoms with van der Waals surface area (Å²) in [6.45, 7) is 4.76. The van der Waals surface area contributed by atoms with Crippen LogP contribution in [0, 0.1) is 5.92 Å². The molecule has 0 aromatic heterocycles. The minimum absolute atomic E-state index is 0.0247. The Morgan fingerprint density at radius 3 is 2.48 bits per heavy atom. The molecule has 136 valence electrons. The normalized spacial score (nSPS) is 16.8. The minimum atomic E-state index is -0.343. The SMILES string of the molecule is CCCCc1ccc(N2C[C@@H](C(=O)NCCNC(C)=O)CC2=O)cc1. The van der Waals surface area contributed by atoms with Crippen molar-refractivity contribution in [1.82, 2.24) is 10.6 Å². The first-order valence-corrected chi connectivity index (χ1v) is 8.92. The Bertz CT molecular complexity index is 613. The molecule has 0 radical (unpaired) electrons. The van der Waals surface area contributed by atoms with Crippen LogP contribution in [-0.2, 0) is 20.8 Å². The quantitative estimate of drug-likeness (QED) is 0.703. The standard InChI is InChI=1S/C19H27N3O3/c1-3-4-5-15-6-8-17(9-7-15)22-13-16(12-18(22)24)19(25)21-11-10-20-14(2)23/h6-9,16H,3-5,10-13H2,1-2H3,(H,20,23)(H,21,25)/t16-/m0/s1. The van der Waals surface area contributed by atoms with E-state index in [1.165, 1.54) is 12.5 Å². The van der Waals surface area contributed by atoms with Gasteiger partial charge < -0.3 is 15.5 Å². The molecule has 3 amide bonds. The van der Waals surface area contributed by atoms with E-state index in [9.17, 15) is 14.4 Å². The highest BCUT2D eigenvalue weighted by atomic mass is 16.2. The van der Waals surface area contributed by atoms with Crippen molar-refractivity contribution in [2.75, 3.05) is 24.5 Å². The van der Waals surface area contributed by atoms with E-state index in [1.54, 1.807) is 4.90 Å². The van der Waals surface area contributed by atoms with Crippen LogP contribution < -0.4 is 15.5 Å². The Kier molecular flexibility index (Phi) is 6.98. The largest absolute Gasteiger partial charge is 0.355 e. The number of nitrogens with zero attached hydrogens (tertiary/aromatic N) is 1. The number of hydrogen-bond acceptors (Lipinski definition) is 3. The average Bonchev–Trinajstić information content (AvgIpc) is 2.99. The van der Waals surface area contributed by atoms with E-state index < -0.39 is 0 Å². The second-order valence-corrected chi connectivity index (χ2v) is 6.45. The van der Waals surface area contributed by atoms with Crippen molar-refractivity contribution in [3.05, 3.63) is 29.8 Å². The summed E-state index contributed by atoms with van der Waals surface area (Å²) in [5.41, 5.74) is 2.11. The fourth-order valence-corrected chi connectivity index (χ4v) is 2.92. The van der Waals surface area contributed by atoms with E-state index in [4.69, 9.17) is 0 Å². The first-order valence-electron chi connectivity index (χ1n) is 8.92. The number of carbonyl (C=O) groups is 3. The molecule has 1 aromatic rings. The highest BCUT2D eigenvalue weighted by Gasteiger charge is 2.34. The molecule has 1 atom stereocenters. The van der Waals surface area contributed by atoms with E-state index in [2.05, 4.69) is 29.7 Å². The number of aryl methyl sites for hydroxylation is 1. The summed E-state index contributed by atoms with van der Waals surface area (Å²) in [5, 5.41) is 5.40. The highest BCUT2D eigenvalue weighted by Crippen LogP contribution is 2.25. The van der Waals surface area contributed by atoms with Crippen molar-refractivity contribution in [1.29, 1.82) is 0 Å². The lowest BCUT2D eigenvalue weighted by Crippen LogP contribution is -2.37. The molecule has 1 aliphatic rings. The van der Waals surface area contributed by atoms with Gasteiger partial charge in [-0.1, -0.05) is 25.5 Å². The van der Waals surface area contributed by atoms with E-state index in [1.807, 2.05) is 12.1 Å². The molecule has 1 aromatic carbocycles. The molecule has 6 heteroatoms. The second kappa shape index (κ2) is 9.20. The minimum Gasteiger partial charge on any atom is -0.355 e. The lowest BCUT2D eigenvalue weighted by atomic mass is 10.1. The van der Waals surface area contributed by atoms with Crippen molar-refractivity contribution in [3.63, 3.8) is 0 Å². The summed E-state index contributed by atoms with van der Waals surface area (Å²) in [5.74, 6) is -0.632. The Labute approximate surface area is 149 Å². The third-order valence-corrected chi connectivity index (χ3v) is 4.36. The van der Waals surface area contributed by atoms with Crippen molar-refractivity contribution < 1.29 is 14.4 Å². The number of carbonyl (C=O) groups excluding carboxylic acids is 3. The molecule has 0 saturated carbocycles. The summed E-state index contributed by atoms with van der Waals surface area (Å²) in [6, 6.07) is 8.03. The van der Waals surface area contributed by atoms with Gasteiger partial charge in [0.15, 0.2) is 0 Å². The van der Waals surface area contributed by atoms with Crippen LogP contribution in [0.15, 0.2) is 24.3 Å². The van der Waals surface area contributed by atoms with E-state index >= 15 is 0 Å². The zero-order chi connectivity index (χ0) is 18.2. The molecule has 2 N–H and O–H groups in total.